The van der Waals surface area contributed by atoms with E-state index in [9.17, 15) is 18.5 Å². The van der Waals surface area contributed by atoms with Crippen LogP contribution >= 0.6 is 0 Å². The van der Waals surface area contributed by atoms with Gasteiger partial charge in [-0.25, -0.2) is 8.42 Å². The maximum Gasteiger partial charge on any atom is 0.271 e. The Morgan fingerprint density at radius 1 is 1.17 bits per heavy atom. The molecule has 0 unspecified atom stereocenters. The standard InChI is InChI=1S/C20H25N3O5S/c1-15-12-18(23(24)25)13-20(16(15)2)29(26,27)21(3)14-17-6-4-5-7-19(17)22-8-10-28-11-9-22/h4-7,12-13H,8-11,14H2,1-3H3. The van der Waals surface area contributed by atoms with Crippen LogP contribution in [0, 0.1) is 24.0 Å². The zero-order valence-electron chi connectivity index (χ0n) is 16.8. The summed E-state index contributed by atoms with van der Waals surface area (Å²) in [5.41, 5.74) is 2.71. The van der Waals surface area contributed by atoms with E-state index in [-0.39, 0.29) is 17.1 Å². The van der Waals surface area contributed by atoms with Gasteiger partial charge in [-0.2, -0.15) is 4.31 Å². The molecule has 0 N–H and O–H groups in total. The van der Waals surface area contributed by atoms with E-state index in [4.69, 9.17) is 4.74 Å². The van der Waals surface area contributed by atoms with Crippen LogP contribution in [0.2, 0.25) is 0 Å². The van der Waals surface area contributed by atoms with Gasteiger partial charge in [0.15, 0.2) is 0 Å². The average Bonchev–Trinajstić information content (AvgIpc) is 2.70. The molecule has 8 nitrogen and oxygen atoms in total. The number of anilines is 1. The minimum Gasteiger partial charge on any atom is -0.378 e. The van der Waals surface area contributed by atoms with Gasteiger partial charge in [-0.15, -0.1) is 0 Å². The van der Waals surface area contributed by atoms with Crippen molar-refractivity contribution >= 4 is 21.4 Å². The molecule has 2 aromatic carbocycles. The van der Waals surface area contributed by atoms with Crippen LogP contribution in [0.15, 0.2) is 41.3 Å². The monoisotopic (exact) mass is 419 g/mol. The third-order valence-corrected chi connectivity index (χ3v) is 7.17. The zero-order chi connectivity index (χ0) is 21.2. The normalized spacial score (nSPS) is 15.0. The second kappa shape index (κ2) is 8.48. The SMILES string of the molecule is Cc1cc([N+](=O)[O-])cc(S(=O)(=O)N(C)Cc2ccccc2N2CCOCC2)c1C. The Kier molecular flexibility index (Phi) is 6.21. The van der Waals surface area contributed by atoms with E-state index < -0.39 is 14.9 Å². The average molecular weight is 420 g/mol. The molecule has 1 fully saturated rings. The topological polar surface area (TPSA) is 93.0 Å². The molecule has 29 heavy (non-hydrogen) atoms. The Morgan fingerprint density at radius 2 is 1.83 bits per heavy atom. The second-order valence-corrected chi connectivity index (χ2v) is 9.15. The van der Waals surface area contributed by atoms with E-state index in [1.54, 1.807) is 13.8 Å². The number of para-hydroxylation sites is 1. The van der Waals surface area contributed by atoms with Crippen LogP contribution in [-0.2, 0) is 21.3 Å². The zero-order valence-corrected chi connectivity index (χ0v) is 17.6. The highest BCUT2D eigenvalue weighted by Crippen LogP contribution is 2.29. The number of nitro benzene ring substituents is 1. The van der Waals surface area contributed by atoms with Gasteiger partial charge in [0.2, 0.25) is 10.0 Å². The van der Waals surface area contributed by atoms with E-state index in [0.717, 1.165) is 30.4 Å². The van der Waals surface area contributed by atoms with Crippen LogP contribution in [0.1, 0.15) is 16.7 Å². The number of sulfonamides is 1. The third-order valence-electron chi connectivity index (χ3n) is 5.24. The lowest BCUT2D eigenvalue weighted by Crippen LogP contribution is -2.37. The highest BCUT2D eigenvalue weighted by Gasteiger charge is 2.27. The molecule has 0 spiro atoms. The molecule has 1 aliphatic heterocycles. The van der Waals surface area contributed by atoms with Crippen LogP contribution in [-0.4, -0.2) is 51.0 Å². The number of benzene rings is 2. The first-order chi connectivity index (χ1) is 13.7. The highest BCUT2D eigenvalue weighted by molar-refractivity contribution is 7.89. The largest absolute Gasteiger partial charge is 0.378 e. The number of hydrogen-bond donors (Lipinski definition) is 0. The number of rotatable bonds is 6. The molecule has 0 aliphatic carbocycles. The van der Waals surface area contributed by atoms with Crippen molar-refractivity contribution < 1.29 is 18.1 Å². The first-order valence-electron chi connectivity index (χ1n) is 9.34. The molecule has 0 amide bonds. The number of morpholine rings is 1. The van der Waals surface area contributed by atoms with E-state index >= 15 is 0 Å². The molecule has 156 valence electrons. The van der Waals surface area contributed by atoms with E-state index in [1.807, 2.05) is 24.3 Å². The Balaban J connectivity index is 1.94. The lowest BCUT2D eigenvalue weighted by Gasteiger charge is -2.31. The quantitative estimate of drug-likeness (QED) is 0.528. The second-order valence-electron chi connectivity index (χ2n) is 7.13. The molecule has 1 heterocycles. The fourth-order valence-corrected chi connectivity index (χ4v) is 4.89. The lowest BCUT2D eigenvalue weighted by atomic mass is 10.1. The van der Waals surface area contributed by atoms with Gasteiger partial charge in [-0.3, -0.25) is 10.1 Å². The first-order valence-corrected chi connectivity index (χ1v) is 10.8. The Bertz CT molecular complexity index is 1020. The van der Waals surface area contributed by atoms with Crippen molar-refractivity contribution in [2.45, 2.75) is 25.3 Å². The van der Waals surface area contributed by atoms with Crippen molar-refractivity contribution in [1.82, 2.24) is 4.31 Å². The molecule has 0 saturated carbocycles. The summed E-state index contributed by atoms with van der Waals surface area (Å²) in [5, 5.41) is 11.2. The van der Waals surface area contributed by atoms with Crippen molar-refractivity contribution in [3.63, 3.8) is 0 Å². The molecule has 1 aliphatic rings. The Hall–Kier alpha value is -2.49. The predicted octanol–water partition coefficient (Wildman–Crippen LogP) is 2.87. The van der Waals surface area contributed by atoms with Gasteiger partial charge >= 0.3 is 0 Å². The summed E-state index contributed by atoms with van der Waals surface area (Å²) in [5.74, 6) is 0. The number of non-ortho nitro benzene ring substituents is 1. The Morgan fingerprint density at radius 3 is 2.48 bits per heavy atom. The summed E-state index contributed by atoms with van der Waals surface area (Å²) >= 11 is 0. The van der Waals surface area contributed by atoms with Crippen molar-refractivity contribution in [3.05, 3.63) is 63.2 Å². The number of ether oxygens (including phenoxy) is 1. The van der Waals surface area contributed by atoms with E-state index in [0.29, 0.717) is 24.3 Å². The van der Waals surface area contributed by atoms with Crippen molar-refractivity contribution in [1.29, 1.82) is 0 Å². The third kappa shape index (κ3) is 4.42. The van der Waals surface area contributed by atoms with Crippen LogP contribution in [0.3, 0.4) is 0 Å². The van der Waals surface area contributed by atoms with Crippen molar-refractivity contribution in [2.24, 2.45) is 0 Å². The molecule has 2 aromatic rings. The Labute approximate surface area is 170 Å². The summed E-state index contributed by atoms with van der Waals surface area (Å²) in [7, 11) is -2.41. The molecule has 9 heteroatoms. The number of nitrogens with zero attached hydrogens (tertiary/aromatic N) is 3. The molecular weight excluding hydrogens is 394 g/mol. The molecular formula is C20H25N3O5S. The number of nitro groups is 1. The maximum absolute atomic E-state index is 13.2. The van der Waals surface area contributed by atoms with Crippen LogP contribution < -0.4 is 4.90 Å². The smallest absolute Gasteiger partial charge is 0.271 e. The number of hydrogen-bond acceptors (Lipinski definition) is 6. The lowest BCUT2D eigenvalue weighted by molar-refractivity contribution is -0.385. The fraction of sp³-hybridized carbons (Fsp3) is 0.400. The fourth-order valence-electron chi connectivity index (χ4n) is 3.43. The highest BCUT2D eigenvalue weighted by atomic mass is 32.2. The summed E-state index contributed by atoms with van der Waals surface area (Å²) in [6, 6.07) is 10.2. The summed E-state index contributed by atoms with van der Waals surface area (Å²) in [4.78, 5) is 12.8. The summed E-state index contributed by atoms with van der Waals surface area (Å²) in [6.07, 6.45) is 0. The van der Waals surface area contributed by atoms with Gasteiger partial charge in [0.1, 0.15) is 0 Å². The molecule has 0 bridgehead atoms. The van der Waals surface area contributed by atoms with E-state index in [2.05, 4.69) is 4.90 Å². The van der Waals surface area contributed by atoms with Gasteiger partial charge < -0.3 is 9.64 Å². The van der Waals surface area contributed by atoms with Crippen LogP contribution in [0.4, 0.5) is 11.4 Å². The molecule has 3 rings (SSSR count). The maximum atomic E-state index is 13.2. The van der Waals surface area contributed by atoms with Gasteiger partial charge in [0.05, 0.1) is 23.0 Å². The van der Waals surface area contributed by atoms with Gasteiger partial charge in [-0.05, 0) is 36.6 Å². The first kappa shape index (κ1) is 21.2. The molecule has 0 atom stereocenters. The minimum absolute atomic E-state index is 0.0319. The number of aryl methyl sites for hydroxylation is 1. The molecule has 1 saturated heterocycles. The van der Waals surface area contributed by atoms with Gasteiger partial charge in [-0.1, -0.05) is 18.2 Å². The molecule has 0 radical (unpaired) electrons. The van der Waals surface area contributed by atoms with E-state index in [1.165, 1.54) is 17.4 Å². The predicted molar refractivity (Wildman–Crippen MR) is 111 cm³/mol. The minimum atomic E-state index is -3.91. The van der Waals surface area contributed by atoms with Gasteiger partial charge in [0.25, 0.3) is 5.69 Å². The molecule has 0 aromatic heterocycles. The van der Waals surface area contributed by atoms with Crippen molar-refractivity contribution in [3.8, 4) is 0 Å². The van der Waals surface area contributed by atoms with Crippen LogP contribution in [0.5, 0.6) is 0 Å². The van der Waals surface area contributed by atoms with Crippen LogP contribution in [0.25, 0.3) is 0 Å². The summed E-state index contributed by atoms with van der Waals surface area (Å²) in [6.45, 7) is 6.27. The summed E-state index contributed by atoms with van der Waals surface area (Å²) < 4.78 is 33.1. The van der Waals surface area contributed by atoms with Gasteiger partial charge in [0, 0.05) is 44.5 Å². The van der Waals surface area contributed by atoms with Crippen molar-refractivity contribution in [2.75, 3.05) is 38.3 Å².